The van der Waals surface area contributed by atoms with E-state index in [4.69, 9.17) is 23.7 Å². The number of esters is 1. The molecule has 3 aromatic carbocycles. The molecule has 1 unspecified atom stereocenters. The average molecular weight is 572 g/mol. The van der Waals surface area contributed by atoms with Crippen molar-refractivity contribution in [2.75, 3.05) is 6.61 Å². The van der Waals surface area contributed by atoms with E-state index in [9.17, 15) is 14.4 Å². The zero-order valence-corrected chi connectivity index (χ0v) is 23.5. The lowest BCUT2D eigenvalue weighted by molar-refractivity contribution is -0.183. The third-order valence-electron chi connectivity index (χ3n) is 6.90. The first-order valence-electron chi connectivity index (χ1n) is 13.8. The van der Waals surface area contributed by atoms with Crippen LogP contribution in [0.2, 0.25) is 0 Å². The van der Waals surface area contributed by atoms with Gasteiger partial charge >= 0.3 is 12.1 Å². The number of nitrogens with one attached hydrogen (secondary N) is 1. The van der Waals surface area contributed by atoms with Crippen molar-refractivity contribution >= 4 is 17.8 Å². The van der Waals surface area contributed by atoms with Gasteiger partial charge in [0.1, 0.15) is 25.1 Å². The number of rotatable bonds is 11. The Balaban J connectivity index is 1.32. The molecule has 1 amide bonds. The molecule has 0 spiro atoms. The van der Waals surface area contributed by atoms with E-state index in [1.807, 2.05) is 60.7 Å². The molecule has 0 aliphatic carbocycles. The molecule has 5 rings (SSSR count). The summed E-state index contributed by atoms with van der Waals surface area (Å²) in [5, 5.41) is 2.74. The molecule has 0 saturated carbocycles. The maximum atomic E-state index is 13.8. The molecule has 2 aliphatic heterocycles. The number of amides is 1. The van der Waals surface area contributed by atoms with Crippen molar-refractivity contribution in [1.29, 1.82) is 0 Å². The van der Waals surface area contributed by atoms with Gasteiger partial charge in [-0.15, -0.1) is 0 Å². The minimum atomic E-state index is -0.932. The summed E-state index contributed by atoms with van der Waals surface area (Å²) in [6.45, 7) is 3.38. The highest BCUT2D eigenvalue weighted by molar-refractivity contribution is 5.90. The molecule has 1 saturated heterocycles. The molecule has 0 aromatic heterocycles. The second-order valence-corrected chi connectivity index (χ2v) is 10.5. The Labute approximate surface area is 244 Å². The first kappa shape index (κ1) is 29.0. The van der Waals surface area contributed by atoms with Gasteiger partial charge in [0.15, 0.2) is 11.6 Å². The van der Waals surface area contributed by atoms with Gasteiger partial charge in [0.05, 0.1) is 11.6 Å². The van der Waals surface area contributed by atoms with Crippen LogP contribution in [-0.4, -0.2) is 48.7 Å². The number of Topliss-reactive ketones (excluding diaryl/α,β-unsaturated/α-hetero) is 1. The van der Waals surface area contributed by atoms with Crippen LogP contribution in [-0.2, 0) is 41.5 Å². The first-order chi connectivity index (χ1) is 20.3. The largest absolute Gasteiger partial charge is 0.462 e. The van der Waals surface area contributed by atoms with Gasteiger partial charge < -0.3 is 29.0 Å². The Hall–Kier alpha value is -4.47. The summed E-state index contributed by atoms with van der Waals surface area (Å²) in [6, 6.07) is 26.4. The van der Waals surface area contributed by atoms with Crippen LogP contribution >= 0.6 is 0 Å². The summed E-state index contributed by atoms with van der Waals surface area (Å²) in [5.74, 6) is -1.45. The summed E-state index contributed by atoms with van der Waals surface area (Å²) in [5.41, 5.74) is 2.60. The van der Waals surface area contributed by atoms with Crippen LogP contribution in [0, 0.1) is 0 Å². The van der Waals surface area contributed by atoms with Crippen molar-refractivity contribution < 1.29 is 38.1 Å². The van der Waals surface area contributed by atoms with Gasteiger partial charge in [0.2, 0.25) is 6.29 Å². The van der Waals surface area contributed by atoms with Crippen LogP contribution in [0.3, 0.4) is 0 Å². The SMILES string of the molecule is CC1(C)OC2C(CC(=O)[C@H](Cc3ccccc3)NC(=O)OCc3ccccc3)=C(COC(=O)c3ccccc3)O[C@@H]2O1. The van der Waals surface area contributed by atoms with Crippen molar-refractivity contribution in [2.24, 2.45) is 0 Å². The van der Waals surface area contributed by atoms with Gasteiger partial charge in [-0.2, -0.15) is 0 Å². The molecular formula is C33H33NO8. The minimum Gasteiger partial charge on any atom is -0.462 e. The predicted octanol–water partition coefficient (Wildman–Crippen LogP) is 5.10. The fraction of sp³-hybridized carbons (Fsp3) is 0.303. The van der Waals surface area contributed by atoms with Crippen LogP contribution in [0.5, 0.6) is 0 Å². The van der Waals surface area contributed by atoms with Crippen molar-refractivity contribution in [3.8, 4) is 0 Å². The minimum absolute atomic E-state index is 0.0683. The Morgan fingerprint density at radius 1 is 0.810 bits per heavy atom. The Morgan fingerprint density at radius 3 is 2.10 bits per heavy atom. The summed E-state index contributed by atoms with van der Waals surface area (Å²) < 4.78 is 28.8. The molecule has 2 heterocycles. The molecule has 3 aromatic rings. The maximum absolute atomic E-state index is 13.8. The molecule has 9 heteroatoms. The van der Waals surface area contributed by atoms with Crippen LogP contribution in [0.4, 0.5) is 4.79 Å². The van der Waals surface area contributed by atoms with Gasteiger partial charge in [0, 0.05) is 12.0 Å². The third kappa shape index (κ3) is 7.43. The molecule has 0 bridgehead atoms. The molecule has 218 valence electrons. The fourth-order valence-electron chi connectivity index (χ4n) is 4.85. The monoisotopic (exact) mass is 571 g/mol. The second kappa shape index (κ2) is 13.0. The summed E-state index contributed by atoms with van der Waals surface area (Å²) in [4.78, 5) is 39.2. The van der Waals surface area contributed by atoms with E-state index in [0.29, 0.717) is 16.9 Å². The van der Waals surface area contributed by atoms with E-state index in [1.165, 1.54) is 0 Å². The molecular weight excluding hydrogens is 538 g/mol. The number of alkyl carbamates (subject to hydrolysis) is 1. The van der Waals surface area contributed by atoms with E-state index in [0.717, 1.165) is 11.1 Å². The van der Waals surface area contributed by atoms with E-state index >= 15 is 0 Å². The molecule has 9 nitrogen and oxygen atoms in total. The molecule has 3 atom stereocenters. The standard InChI is InChI=1S/C33H33NO8/c1-33(2)41-29-25(28(40-31(29)42-33)21-38-30(36)24-16-10-5-11-17-24)19-27(35)26(18-22-12-6-3-7-13-22)34-32(37)39-20-23-14-8-4-9-15-23/h3-17,26,29,31H,18-21H2,1-2H3,(H,34,37)/t26-,29?,31+/m0/s1. The topological polar surface area (TPSA) is 109 Å². The van der Waals surface area contributed by atoms with Crippen LogP contribution in [0.25, 0.3) is 0 Å². The number of hydrogen-bond donors (Lipinski definition) is 1. The number of hydrogen-bond acceptors (Lipinski definition) is 8. The van der Waals surface area contributed by atoms with Gasteiger partial charge in [-0.3, -0.25) is 4.79 Å². The maximum Gasteiger partial charge on any atom is 0.408 e. The number of ketones is 1. The summed E-state index contributed by atoms with van der Waals surface area (Å²) in [6.07, 6.45) is -2.03. The molecule has 0 radical (unpaired) electrons. The third-order valence-corrected chi connectivity index (χ3v) is 6.90. The number of ether oxygens (including phenoxy) is 5. The van der Waals surface area contributed by atoms with E-state index in [-0.39, 0.29) is 31.8 Å². The highest BCUT2D eigenvalue weighted by Gasteiger charge is 2.50. The lowest BCUT2D eigenvalue weighted by Crippen LogP contribution is -2.43. The van der Waals surface area contributed by atoms with E-state index in [1.54, 1.807) is 44.2 Å². The van der Waals surface area contributed by atoms with Gasteiger partial charge in [-0.25, -0.2) is 9.59 Å². The zero-order valence-electron chi connectivity index (χ0n) is 23.5. The smallest absolute Gasteiger partial charge is 0.408 e. The first-order valence-corrected chi connectivity index (χ1v) is 13.8. The number of benzene rings is 3. The average Bonchev–Trinajstić information content (AvgIpc) is 3.47. The van der Waals surface area contributed by atoms with Crippen molar-refractivity contribution in [2.45, 2.75) is 57.5 Å². The van der Waals surface area contributed by atoms with Crippen molar-refractivity contribution in [3.63, 3.8) is 0 Å². The zero-order chi connectivity index (χ0) is 29.5. The van der Waals surface area contributed by atoms with Gasteiger partial charge in [0.25, 0.3) is 0 Å². The summed E-state index contributed by atoms with van der Waals surface area (Å²) >= 11 is 0. The quantitative estimate of drug-likeness (QED) is 0.317. The van der Waals surface area contributed by atoms with Crippen LogP contribution < -0.4 is 5.32 Å². The van der Waals surface area contributed by atoms with Gasteiger partial charge in [-0.05, 0) is 43.5 Å². The lowest BCUT2D eigenvalue weighted by Gasteiger charge is -2.21. The van der Waals surface area contributed by atoms with Crippen molar-refractivity contribution in [1.82, 2.24) is 5.32 Å². The molecule has 1 N–H and O–H groups in total. The van der Waals surface area contributed by atoms with Gasteiger partial charge in [-0.1, -0.05) is 78.9 Å². The van der Waals surface area contributed by atoms with E-state index < -0.39 is 36.3 Å². The number of fused-ring (bicyclic) bond motifs is 1. The Kier molecular flexibility index (Phi) is 9.00. The van der Waals surface area contributed by atoms with Crippen LogP contribution in [0.1, 0.15) is 41.8 Å². The number of carbonyl (C=O) groups is 3. The highest BCUT2D eigenvalue weighted by Crippen LogP contribution is 2.41. The summed E-state index contributed by atoms with van der Waals surface area (Å²) in [7, 11) is 0. The van der Waals surface area contributed by atoms with Crippen LogP contribution in [0.15, 0.2) is 102 Å². The Morgan fingerprint density at radius 2 is 1.43 bits per heavy atom. The van der Waals surface area contributed by atoms with Crippen molar-refractivity contribution in [3.05, 3.63) is 119 Å². The predicted molar refractivity (Wildman–Crippen MR) is 152 cm³/mol. The van der Waals surface area contributed by atoms with E-state index in [2.05, 4.69) is 5.32 Å². The highest BCUT2D eigenvalue weighted by atomic mass is 16.8. The molecule has 2 aliphatic rings. The molecule has 42 heavy (non-hydrogen) atoms. The lowest BCUT2D eigenvalue weighted by atomic mass is 9.95. The normalized spacial score (nSPS) is 19.4. The number of carbonyl (C=O) groups excluding carboxylic acids is 3. The molecule has 1 fully saturated rings. The Bertz CT molecular complexity index is 1420. The second-order valence-electron chi connectivity index (χ2n) is 10.5. The fourth-order valence-corrected chi connectivity index (χ4v) is 4.85.